The molecule has 18 heavy (non-hydrogen) atoms. The molecule has 4 nitrogen and oxygen atoms in total. The average molecular weight is 267 g/mol. The highest BCUT2D eigenvalue weighted by Crippen LogP contribution is 2.32. The van der Waals surface area contributed by atoms with Gasteiger partial charge in [0.25, 0.3) is 0 Å². The molecular weight excluding hydrogens is 250 g/mol. The van der Waals surface area contributed by atoms with Crippen molar-refractivity contribution < 1.29 is 14.3 Å². The van der Waals surface area contributed by atoms with Crippen molar-refractivity contribution in [3.05, 3.63) is 23.8 Å². The Bertz CT molecular complexity index is 436. The number of thiol groups is 1. The predicted octanol–water partition coefficient (Wildman–Crippen LogP) is 1.74. The van der Waals surface area contributed by atoms with Crippen molar-refractivity contribution in [2.24, 2.45) is 0 Å². The van der Waals surface area contributed by atoms with E-state index >= 15 is 0 Å². The largest absolute Gasteiger partial charge is 0.454 e. The van der Waals surface area contributed by atoms with Gasteiger partial charge in [0.15, 0.2) is 11.5 Å². The van der Waals surface area contributed by atoms with Gasteiger partial charge in [-0.2, -0.15) is 12.6 Å². The number of carbonyl (C=O) groups excluding carboxylic acids is 1. The first-order valence-electron chi connectivity index (χ1n) is 5.94. The van der Waals surface area contributed by atoms with Crippen LogP contribution in [0.15, 0.2) is 18.2 Å². The second kappa shape index (κ2) is 6.00. The van der Waals surface area contributed by atoms with Crippen LogP contribution >= 0.6 is 12.6 Å². The second-order valence-electron chi connectivity index (χ2n) is 4.23. The Labute approximate surface area is 112 Å². The molecule has 0 saturated carbocycles. The minimum Gasteiger partial charge on any atom is -0.454 e. The maximum atomic E-state index is 11.6. The van der Waals surface area contributed by atoms with Crippen molar-refractivity contribution in [3.63, 3.8) is 0 Å². The molecule has 1 aliphatic rings. The first-order chi connectivity index (χ1) is 8.70. The first kappa shape index (κ1) is 13.1. The summed E-state index contributed by atoms with van der Waals surface area (Å²) in [5.74, 6) is 2.30. The third-order valence-electron chi connectivity index (χ3n) is 2.92. The molecular formula is C13H17NO3S. The number of ether oxygens (including phenoxy) is 2. The van der Waals surface area contributed by atoms with Gasteiger partial charge in [-0.1, -0.05) is 6.07 Å². The number of hydrogen-bond acceptors (Lipinski definition) is 4. The highest BCUT2D eigenvalue weighted by atomic mass is 32.1. The number of rotatable bonds is 5. The number of hydrogen-bond donors (Lipinski definition) is 1. The summed E-state index contributed by atoms with van der Waals surface area (Å²) in [6, 6.07) is 5.89. The molecule has 0 N–H and O–H groups in total. The minimum atomic E-state index is 0.130. The molecule has 0 aliphatic carbocycles. The van der Waals surface area contributed by atoms with Crippen molar-refractivity contribution in [1.29, 1.82) is 0 Å². The molecule has 0 bridgehead atoms. The number of carbonyl (C=O) groups is 1. The van der Waals surface area contributed by atoms with Gasteiger partial charge < -0.3 is 14.4 Å². The summed E-state index contributed by atoms with van der Waals surface area (Å²) in [4.78, 5) is 13.3. The number of likely N-dealkylation sites (N-methyl/N-ethyl adjacent to an activating group) is 1. The van der Waals surface area contributed by atoms with Gasteiger partial charge in [0.1, 0.15) is 0 Å². The van der Waals surface area contributed by atoms with E-state index in [0.717, 1.165) is 23.5 Å². The Hall–Kier alpha value is -1.36. The van der Waals surface area contributed by atoms with Gasteiger partial charge in [0, 0.05) is 20.0 Å². The van der Waals surface area contributed by atoms with E-state index in [1.807, 2.05) is 25.2 Å². The van der Waals surface area contributed by atoms with Crippen LogP contribution in [0.4, 0.5) is 0 Å². The number of nitrogens with zero attached hydrogens (tertiary/aromatic N) is 1. The second-order valence-corrected chi connectivity index (χ2v) is 4.67. The molecule has 1 aromatic rings. The summed E-state index contributed by atoms with van der Waals surface area (Å²) >= 11 is 4.06. The van der Waals surface area contributed by atoms with E-state index in [1.165, 1.54) is 0 Å². The molecule has 0 fully saturated rings. The van der Waals surface area contributed by atoms with E-state index in [-0.39, 0.29) is 5.91 Å². The van der Waals surface area contributed by atoms with Crippen molar-refractivity contribution in [1.82, 2.24) is 4.90 Å². The zero-order chi connectivity index (χ0) is 13.0. The highest BCUT2D eigenvalue weighted by molar-refractivity contribution is 7.80. The van der Waals surface area contributed by atoms with Gasteiger partial charge >= 0.3 is 0 Å². The van der Waals surface area contributed by atoms with Crippen molar-refractivity contribution in [2.75, 3.05) is 26.1 Å². The first-order valence-corrected chi connectivity index (χ1v) is 6.57. The Kier molecular flexibility index (Phi) is 4.36. The lowest BCUT2D eigenvalue weighted by atomic mass is 10.1. The van der Waals surface area contributed by atoms with Crippen LogP contribution < -0.4 is 9.47 Å². The van der Waals surface area contributed by atoms with E-state index in [0.29, 0.717) is 25.5 Å². The number of fused-ring (bicyclic) bond motifs is 1. The van der Waals surface area contributed by atoms with E-state index in [2.05, 4.69) is 12.6 Å². The lowest BCUT2D eigenvalue weighted by Gasteiger charge is -2.16. The van der Waals surface area contributed by atoms with Crippen LogP contribution in [0.2, 0.25) is 0 Å². The SMILES string of the molecule is CN(CCc1ccc2c(c1)OCO2)C(=O)CCS. The smallest absolute Gasteiger partial charge is 0.231 e. The van der Waals surface area contributed by atoms with Crippen LogP contribution in [-0.2, 0) is 11.2 Å². The minimum absolute atomic E-state index is 0.130. The zero-order valence-electron chi connectivity index (χ0n) is 10.4. The Morgan fingerprint density at radius 3 is 2.94 bits per heavy atom. The van der Waals surface area contributed by atoms with Gasteiger partial charge in [0.2, 0.25) is 12.7 Å². The summed E-state index contributed by atoms with van der Waals surface area (Å²) in [5, 5.41) is 0. The topological polar surface area (TPSA) is 38.8 Å². The molecule has 0 atom stereocenters. The summed E-state index contributed by atoms with van der Waals surface area (Å²) in [7, 11) is 1.82. The van der Waals surface area contributed by atoms with Gasteiger partial charge in [-0.15, -0.1) is 0 Å². The molecule has 1 aliphatic heterocycles. The third-order valence-corrected chi connectivity index (χ3v) is 3.15. The fourth-order valence-electron chi connectivity index (χ4n) is 1.80. The monoisotopic (exact) mass is 267 g/mol. The lowest BCUT2D eigenvalue weighted by molar-refractivity contribution is -0.129. The van der Waals surface area contributed by atoms with Crippen LogP contribution in [0.5, 0.6) is 11.5 Å². The van der Waals surface area contributed by atoms with E-state index < -0.39 is 0 Å². The van der Waals surface area contributed by atoms with Crippen LogP contribution in [0.1, 0.15) is 12.0 Å². The predicted molar refractivity (Wildman–Crippen MR) is 72.4 cm³/mol. The third kappa shape index (κ3) is 3.10. The van der Waals surface area contributed by atoms with E-state index in [4.69, 9.17) is 9.47 Å². The van der Waals surface area contributed by atoms with Crippen LogP contribution in [0.3, 0.4) is 0 Å². The standard InChI is InChI=1S/C13H17NO3S/c1-14(13(15)5-7-18)6-4-10-2-3-11-12(8-10)17-9-16-11/h2-3,8,18H,4-7,9H2,1H3. The molecule has 98 valence electrons. The van der Waals surface area contributed by atoms with Crippen molar-refractivity contribution in [3.8, 4) is 11.5 Å². The Morgan fingerprint density at radius 1 is 1.39 bits per heavy atom. The molecule has 0 radical (unpaired) electrons. The van der Waals surface area contributed by atoms with Crippen LogP contribution in [-0.4, -0.2) is 36.9 Å². The molecule has 0 spiro atoms. The number of amides is 1. The normalized spacial score (nSPS) is 12.6. The van der Waals surface area contributed by atoms with Gasteiger partial charge in [-0.05, 0) is 29.9 Å². The molecule has 0 unspecified atom stereocenters. The van der Waals surface area contributed by atoms with Crippen molar-refractivity contribution >= 4 is 18.5 Å². The fraction of sp³-hybridized carbons (Fsp3) is 0.462. The van der Waals surface area contributed by atoms with Gasteiger partial charge in [0.05, 0.1) is 0 Å². The highest BCUT2D eigenvalue weighted by Gasteiger charge is 2.13. The molecule has 5 heteroatoms. The maximum Gasteiger partial charge on any atom is 0.231 e. The quantitative estimate of drug-likeness (QED) is 0.826. The molecule has 1 amide bonds. The van der Waals surface area contributed by atoms with Crippen LogP contribution in [0.25, 0.3) is 0 Å². The van der Waals surface area contributed by atoms with Gasteiger partial charge in [-0.25, -0.2) is 0 Å². The summed E-state index contributed by atoms with van der Waals surface area (Å²) in [6.45, 7) is 0.991. The van der Waals surface area contributed by atoms with E-state index in [1.54, 1.807) is 4.90 Å². The molecule has 1 heterocycles. The summed E-state index contributed by atoms with van der Waals surface area (Å²) in [6.07, 6.45) is 1.30. The molecule has 0 aromatic heterocycles. The number of benzene rings is 1. The average Bonchev–Trinajstić information content (AvgIpc) is 2.83. The van der Waals surface area contributed by atoms with Gasteiger partial charge in [-0.3, -0.25) is 4.79 Å². The Morgan fingerprint density at radius 2 is 2.17 bits per heavy atom. The van der Waals surface area contributed by atoms with Crippen LogP contribution in [0, 0.1) is 0 Å². The maximum absolute atomic E-state index is 11.6. The summed E-state index contributed by atoms with van der Waals surface area (Å²) in [5.41, 5.74) is 1.14. The molecule has 0 saturated heterocycles. The molecule has 2 rings (SSSR count). The van der Waals surface area contributed by atoms with Crippen molar-refractivity contribution in [2.45, 2.75) is 12.8 Å². The lowest BCUT2D eigenvalue weighted by Crippen LogP contribution is -2.28. The zero-order valence-corrected chi connectivity index (χ0v) is 11.3. The summed E-state index contributed by atoms with van der Waals surface area (Å²) < 4.78 is 10.6. The Balaban J connectivity index is 1.88. The fourth-order valence-corrected chi connectivity index (χ4v) is 2.00. The van der Waals surface area contributed by atoms with E-state index in [9.17, 15) is 4.79 Å². The molecule has 1 aromatic carbocycles.